The van der Waals surface area contributed by atoms with Gasteiger partial charge in [0, 0.05) is 12.6 Å². The molecule has 1 amide bonds. The van der Waals surface area contributed by atoms with Crippen LogP contribution in [-0.4, -0.2) is 49.6 Å². The zero-order chi connectivity index (χ0) is 17.8. The maximum Gasteiger partial charge on any atom is 0.292 e. The van der Waals surface area contributed by atoms with E-state index in [1.165, 1.54) is 18.5 Å². The fraction of sp³-hybridized carbons (Fsp3) is 0.438. The van der Waals surface area contributed by atoms with E-state index >= 15 is 0 Å². The van der Waals surface area contributed by atoms with E-state index in [0.29, 0.717) is 6.54 Å². The summed E-state index contributed by atoms with van der Waals surface area (Å²) in [5, 5.41) is 17.9. The number of hydrogen-bond acceptors (Lipinski definition) is 6. The van der Waals surface area contributed by atoms with E-state index in [0.717, 1.165) is 19.4 Å². The molecule has 25 heavy (non-hydrogen) atoms. The highest BCUT2D eigenvalue weighted by Gasteiger charge is 2.29. The molecule has 3 rings (SSSR count). The van der Waals surface area contributed by atoms with Gasteiger partial charge in [0.05, 0.1) is 17.0 Å². The van der Waals surface area contributed by atoms with Crippen molar-refractivity contribution in [3.05, 3.63) is 47.0 Å². The van der Waals surface area contributed by atoms with Gasteiger partial charge in [-0.3, -0.25) is 19.8 Å². The van der Waals surface area contributed by atoms with E-state index in [4.69, 9.17) is 0 Å². The molecule has 132 valence electrons. The number of anilines is 1. The van der Waals surface area contributed by atoms with Crippen LogP contribution in [0, 0.1) is 10.1 Å². The van der Waals surface area contributed by atoms with Crippen LogP contribution < -0.4 is 5.32 Å². The lowest BCUT2D eigenvalue weighted by Gasteiger charge is -2.35. The van der Waals surface area contributed by atoms with E-state index in [9.17, 15) is 14.9 Å². The number of carbonyl (C=O) groups excluding carboxylic acids is 1. The van der Waals surface area contributed by atoms with Crippen molar-refractivity contribution in [2.75, 3.05) is 18.4 Å². The Kier molecular flexibility index (Phi) is 5.03. The summed E-state index contributed by atoms with van der Waals surface area (Å²) in [5.74, 6) is -0.256. The van der Waals surface area contributed by atoms with Crippen LogP contribution in [0.15, 0.2) is 36.9 Å². The van der Waals surface area contributed by atoms with E-state index in [1.807, 2.05) is 11.6 Å². The number of aromatic nitrogens is 3. The van der Waals surface area contributed by atoms with Gasteiger partial charge in [-0.2, -0.15) is 5.10 Å². The Morgan fingerprint density at radius 2 is 2.24 bits per heavy atom. The fourth-order valence-corrected chi connectivity index (χ4v) is 3.10. The minimum Gasteiger partial charge on any atom is -0.319 e. The Balaban J connectivity index is 1.67. The molecule has 0 saturated carbocycles. The third kappa shape index (κ3) is 3.82. The van der Waals surface area contributed by atoms with Crippen LogP contribution in [0.3, 0.4) is 0 Å². The number of nitro groups is 1. The summed E-state index contributed by atoms with van der Waals surface area (Å²) in [5.41, 5.74) is 0.108. The molecule has 0 bridgehead atoms. The van der Waals surface area contributed by atoms with E-state index < -0.39 is 11.0 Å². The number of hydrogen-bond donors (Lipinski definition) is 1. The van der Waals surface area contributed by atoms with Crippen molar-refractivity contribution in [1.82, 2.24) is 19.7 Å². The van der Waals surface area contributed by atoms with Crippen molar-refractivity contribution >= 4 is 17.3 Å². The second-order valence-electron chi connectivity index (χ2n) is 6.11. The quantitative estimate of drug-likeness (QED) is 0.655. The summed E-state index contributed by atoms with van der Waals surface area (Å²) in [4.78, 5) is 29.2. The van der Waals surface area contributed by atoms with E-state index in [2.05, 4.69) is 20.3 Å². The number of rotatable bonds is 5. The molecular weight excluding hydrogens is 324 g/mol. The second kappa shape index (κ2) is 7.39. The Bertz CT molecular complexity index is 748. The van der Waals surface area contributed by atoms with Gasteiger partial charge in [-0.25, -0.2) is 9.67 Å². The van der Waals surface area contributed by atoms with Crippen LogP contribution >= 0.6 is 0 Å². The van der Waals surface area contributed by atoms with Gasteiger partial charge in [0.25, 0.3) is 5.69 Å². The molecule has 0 radical (unpaired) electrons. The van der Waals surface area contributed by atoms with Gasteiger partial charge in [-0.05, 0) is 32.4 Å². The van der Waals surface area contributed by atoms with Crippen molar-refractivity contribution in [2.45, 2.75) is 31.8 Å². The van der Waals surface area contributed by atoms with E-state index in [-0.39, 0.29) is 23.3 Å². The molecule has 1 aromatic carbocycles. The van der Waals surface area contributed by atoms with Crippen LogP contribution in [0.1, 0.15) is 25.8 Å². The first kappa shape index (κ1) is 17.0. The molecule has 2 atom stereocenters. The summed E-state index contributed by atoms with van der Waals surface area (Å²) in [6.07, 6.45) is 5.13. The van der Waals surface area contributed by atoms with Gasteiger partial charge in [-0.15, -0.1) is 0 Å². The normalized spacial score (nSPS) is 19.3. The summed E-state index contributed by atoms with van der Waals surface area (Å²) in [6.45, 7) is 3.30. The SMILES string of the molecule is C[C@@H](C(=O)Nc1ccccc1[N+](=O)[O-])N1CCC[C@H](n2cncn2)C1. The summed E-state index contributed by atoms with van der Waals surface area (Å²) in [6, 6.07) is 5.93. The second-order valence-corrected chi connectivity index (χ2v) is 6.11. The minimum absolute atomic E-state index is 0.109. The van der Waals surface area contributed by atoms with Crippen molar-refractivity contribution in [1.29, 1.82) is 0 Å². The van der Waals surface area contributed by atoms with Gasteiger partial charge in [0.1, 0.15) is 18.3 Å². The molecule has 0 aliphatic carbocycles. The number of nitrogens with zero attached hydrogens (tertiary/aromatic N) is 5. The number of nitrogens with one attached hydrogen (secondary N) is 1. The lowest BCUT2D eigenvalue weighted by molar-refractivity contribution is -0.383. The molecule has 2 aromatic rings. The molecule has 2 heterocycles. The van der Waals surface area contributed by atoms with Gasteiger partial charge in [-0.1, -0.05) is 12.1 Å². The standard InChI is InChI=1S/C16H20N6O3/c1-12(16(23)19-14-6-2-3-7-15(14)22(24)25)20-8-4-5-13(9-20)21-11-17-10-18-21/h2-3,6-7,10-13H,4-5,8-9H2,1H3,(H,19,23)/t12-,13-/m0/s1. The molecule has 9 heteroatoms. The highest BCUT2D eigenvalue weighted by molar-refractivity contribution is 5.96. The number of nitro benzene ring substituents is 1. The highest BCUT2D eigenvalue weighted by atomic mass is 16.6. The lowest BCUT2D eigenvalue weighted by Crippen LogP contribution is -2.47. The van der Waals surface area contributed by atoms with Crippen LogP contribution in [0.25, 0.3) is 0 Å². The first-order chi connectivity index (χ1) is 12.1. The lowest BCUT2D eigenvalue weighted by atomic mass is 10.0. The van der Waals surface area contributed by atoms with Crippen molar-refractivity contribution < 1.29 is 9.72 Å². The van der Waals surface area contributed by atoms with Crippen molar-refractivity contribution in [3.63, 3.8) is 0 Å². The molecule has 1 aromatic heterocycles. The number of likely N-dealkylation sites (tertiary alicyclic amines) is 1. The largest absolute Gasteiger partial charge is 0.319 e. The number of amides is 1. The zero-order valence-electron chi connectivity index (χ0n) is 13.9. The number of benzene rings is 1. The third-order valence-electron chi connectivity index (χ3n) is 4.52. The number of piperidine rings is 1. The molecule has 1 aliphatic rings. The average molecular weight is 344 g/mol. The van der Waals surface area contributed by atoms with Gasteiger partial charge in [0.15, 0.2) is 0 Å². The first-order valence-corrected chi connectivity index (χ1v) is 8.18. The summed E-state index contributed by atoms with van der Waals surface area (Å²) in [7, 11) is 0. The van der Waals surface area contributed by atoms with Gasteiger partial charge < -0.3 is 5.32 Å². The molecule has 1 N–H and O–H groups in total. The van der Waals surface area contributed by atoms with Crippen molar-refractivity contribution in [3.8, 4) is 0 Å². The molecule has 1 saturated heterocycles. The van der Waals surface area contributed by atoms with Crippen molar-refractivity contribution in [2.24, 2.45) is 0 Å². The van der Waals surface area contributed by atoms with Gasteiger partial charge >= 0.3 is 0 Å². The molecule has 9 nitrogen and oxygen atoms in total. The Hall–Kier alpha value is -2.81. The van der Waals surface area contributed by atoms with Crippen LogP contribution in [-0.2, 0) is 4.79 Å². The molecule has 0 unspecified atom stereocenters. The number of carbonyl (C=O) groups is 1. The summed E-state index contributed by atoms with van der Waals surface area (Å²) < 4.78 is 1.82. The fourth-order valence-electron chi connectivity index (χ4n) is 3.10. The third-order valence-corrected chi connectivity index (χ3v) is 4.52. The predicted molar refractivity (Wildman–Crippen MR) is 91.1 cm³/mol. The maximum absolute atomic E-state index is 12.6. The molecule has 1 fully saturated rings. The van der Waals surface area contributed by atoms with Gasteiger partial charge in [0.2, 0.25) is 5.91 Å². The first-order valence-electron chi connectivity index (χ1n) is 8.18. The topological polar surface area (TPSA) is 106 Å². The smallest absolute Gasteiger partial charge is 0.292 e. The molecule has 0 spiro atoms. The minimum atomic E-state index is -0.498. The molecular formula is C16H20N6O3. The predicted octanol–water partition coefficient (Wildman–Crippen LogP) is 1.85. The summed E-state index contributed by atoms with van der Waals surface area (Å²) >= 11 is 0. The Morgan fingerprint density at radius 1 is 1.44 bits per heavy atom. The number of para-hydroxylation sites is 2. The van der Waals surface area contributed by atoms with Crippen LogP contribution in [0.5, 0.6) is 0 Å². The monoisotopic (exact) mass is 344 g/mol. The average Bonchev–Trinajstić information content (AvgIpc) is 3.16. The Morgan fingerprint density at radius 3 is 2.96 bits per heavy atom. The Labute approximate surface area is 144 Å². The van der Waals surface area contributed by atoms with Crippen LogP contribution in [0.4, 0.5) is 11.4 Å². The van der Waals surface area contributed by atoms with E-state index in [1.54, 1.807) is 18.5 Å². The highest BCUT2D eigenvalue weighted by Crippen LogP contribution is 2.25. The van der Waals surface area contributed by atoms with Crippen LogP contribution in [0.2, 0.25) is 0 Å². The zero-order valence-corrected chi connectivity index (χ0v) is 13.9. The molecule has 1 aliphatic heterocycles. The maximum atomic E-state index is 12.6.